The highest BCUT2D eigenvalue weighted by Crippen LogP contribution is 2.26. The third-order valence-electron chi connectivity index (χ3n) is 3.99. The highest BCUT2D eigenvalue weighted by atomic mass is 32.2. The van der Waals surface area contributed by atoms with Gasteiger partial charge in [-0.05, 0) is 56.2 Å². The van der Waals surface area contributed by atoms with Gasteiger partial charge < -0.3 is 9.84 Å². The molecule has 0 spiro atoms. The SMILES string of the molecule is COc1ccc(C)cc1S(=O)(=O)NCC1CCC(O)CC1. The van der Waals surface area contributed by atoms with E-state index >= 15 is 0 Å². The van der Waals surface area contributed by atoms with Crippen molar-refractivity contribution in [3.8, 4) is 5.75 Å². The Morgan fingerprint density at radius 2 is 1.95 bits per heavy atom. The Hall–Kier alpha value is -1.11. The molecule has 2 N–H and O–H groups in total. The number of methoxy groups -OCH3 is 1. The van der Waals surface area contributed by atoms with Crippen LogP contribution >= 0.6 is 0 Å². The average molecular weight is 313 g/mol. The number of sulfonamides is 1. The Bertz CT molecular complexity index is 577. The van der Waals surface area contributed by atoms with Gasteiger partial charge in [-0.25, -0.2) is 13.1 Å². The Morgan fingerprint density at radius 1 is 1.29 bits per heavy atom. The van der Waals surface area contributed by atoms with E-state index in [0.29, 0.717) is 18.2 Å². The van der Waals surface area contributed by atoms with Crippen molar-refractivity contribution < 1.29 is 18.3 Å². The van der Waals surface area contributed by atoms with Gasteiger partial charge in [-0.1, -0.05) is 6.07 Å². The molecule has 0 saturated heterocycles. The van der Waals surface area contributed by atoms with E-state index in [-0.39, 0.29) is 11.0 Å². The number of hydrogen-bond acceptors (Lipinski definition) is 4. The molecule has 0 amide bonds. The second kappa shape index (κ2) is 6.77. The summed E-state index contributed by atoms with van der Waals surface area (Å²) in [5, 5.41) is 9.48. The Labute approximate surface area is 126 Å². The zero-order chi connectivity index (χ0) is 15.5. The van der Waals surface area contributed by atoms with Crippen LogP contribution in [0.15, 0.2) is 23.1 Å². The Morgan fingerprint density at radius 3 is 2.57 bits per heavy atom. The van der Waals surface area contributed by atoms with E-state index in [1.807, 2.05) is 13.0 Å². The highest BCUT2D eigenvalue weighted by molar-refractivity contribution is 7.89. The Kier molecular flexibility index (Phi) is 5.24. The predicted octanol–water partition coefficient (Wildman–Crippen LogP) is 1.83. The fourth-order valence-electron chi connectivity index (χ4n) is 2.65. The molecule has 1 aromatic carbocycles. The number of aliphatic hydroxyl groups is 1. The molecule has 1 aliphatic rings. The second-order valence-electron chi connectivity index (χ2n) is 5.68. The molecule has 0 bridgehead atoms. The van der Waals surface area contributed by atoms with Gasteiger partial charge in [0.1, 0.15) is 10.6 Å². The van der Waals surface area contributed by atoms with Crippen LogP contribution in [-0.4, -0.2) is 33.3 Å². The standard InChI is InChI=1S/C15H23NO4S/c1-11-3-8-14(20-2)15(9-11)21(18,19)16-10-12-4-6-13(17)7-5-12/h3,8-9,12-13,16-17H,4-7,10H2,1-2H3. The molecule has 0 atom stereocenters. The zero-order valence-corrected chi connectivity index (χ0v) is 13.3. The van der Waals surface area contributed by atoms with Crippen LogP contribution < -0.4 is 9.46 Å². The number of ether oxygens (including phenoxy) is 1. The third kappa shape index (κ3) is 4.18. The van der Waals surface area contributed by atoms with Crippen molar-refractivity contribution in [2.75, 3.05) is 13.7 Å². The van der Waals surface area contributed by atoms with Gasteiger partial charge in [-0.2, -0.15) is 0 Å². The van der Waals surface area contributed by atoms with Gasteiger partial charge in [0, 0.05) is 6.54 Å². The summed E-state index contributed by atoms with van der Waals surface area (Å²) in [6.45, 7) is 2.26. The topological polar surface area (TPSA) is 75.6 Å². The molecule has 21 heavy (non-hydrogen) atoms. The minimum absolute atomic E-state index is 0.181. The molecule has 6 heteroatoms. The molecule has 0 radical (unpaired) electrons. The molecule has 1 aliphatic carbocycles. The Balaban J connectivity index is 2.06. The molecule has 0 unspecified atom stereocenters. The molecule has 1 saturated carbocycles. The van der Waals surface area contributed by atoms with E-state index in [2.05, 4.69) is 4.72 Å². The van der Waals surface area contributed by atoms with Gasteiger partial charge in [0.25, 0.3) is 0 Å². The van der Waals surface area contributed by atoms with E-state index in [9.17, 15) is 13.5 Å². The van der Waals surface area contributed by atoms with Crippen molar-refractivity contribution in [2.45, 2.75) is 43.6 Å². The molecule has 1 aromatic rings. The molecule has 2 rings (SSSR count). The van der Waals surface area contributed by atoms with E-state index in [1.165, 1.54) is 7.11 Å². The maximum atomic E-state index is 12.4. The molecular weight excluding hydrogens is 290 g/mol. The first-order valence-electron chi connectivity index (χ1n) is 7.24. The summed E-state index contributed by atoms with van der Waals surface area (Å²) in [5.74, 6) is 0.645. The van der Waals surface area contributed by atoms with Crippen molar-refractivity contribution in [1.29, 1.82) is 0 Å². The summed E-state index contributed by atoms with van der Waals surface area (Å²) >= 11 is 0. The van der Waals surface area contributed by atoms with Crippen LogP contribution in [-0.2, 0) is 10.0 Å². The van der Waals surface area contributed by atoms with Crippen LogP contribution in [0.3, 0.4) is 0 Å². The van der Waals surface area contributed by atoms with Crippen LogP contribution in [0.1, 0.15) is 31.2 Å². The summed E-state index contributed by atoms with van der Waals surface area (Å²) in [7, 11) is -2.11. The number of aliphatic hydroxyl groups excluding tert-OH is 1. The van der Waals surface area contributed by atoms with E-state index in [4.69, 9.17) is 4.74 Å². The van der Waals surface area contributed by atoms with E-state index in [1.54, 1.807) is 12.1 Å². The van der Waals surface area contributed by atoms with Crippen LogP contribution in [0, 0.1) is 12.8 Å². The van der Waals surface area contributed by atoms with Gasteiger partial charge in [-0.15, -0.1) is 0 Å². The number of nitrogens with one attached hydrogen (secondary N) is 1. The molecule has 0 aromatic heterocycles. The lowest BCUT2D eigenvalue weighted by atomic mass is 9.88. The fourth-order valence-corrected chi connectivity index (χ4v) is 4.02. The molecule has 1 fully saturated rings. The van der Waals surface area contributed by atoms with Crippen molar-refractivity contribution in [3.05, 3.63) is 23.8 Å². The number of benzene rings is 1. The van der Waals surface area contributed by atoms with Crippen molar-refractivity contribution in [3.63, 3.8) is 0 Å². The largest absolute Gasteiger partial charge is 0.495 e. The van der Waals surface area contributed by atoms with E-state index in [0.717, 1.165) is 31.2 Å². The van der Waals surface area contributed by atoms with Gasteiger partial charge in [0.15, 0.2) is 0 Å². The molecule has 0 heterocycles. The average Bonchev–Trinajstić information content (AvgIpc) is 2.47. The lowest BCUT2D eigenvalue weighted by molar-refractivity contribution is 0.109. The van der Waals surface area contributed by atoms with Crippen LogP contribution in [0.5, 0.6) is 5.75 Å². The quantitative estimate of drug-likeness (QED) is 0.869. The van der Waals surface area contributed by atoms with Gasteiger partial charge in [0.2, 0.25) is 10.0 Å². The third-order valence-corrected chi connectivity index (χ3v) is 5.43. The summed E-state index contributed by atoms with van der Waals surface area (Å²) in [5.41, 5.74) is 0.872. The van der Waals surface area contributed by atoms with Crippen LogP contribution in [0.25, 0.3) is 0 Å². The smallest absolute Gasteiger partial charge is 0.244 e. The van der Waals surface area contributed by atoms with Crippen molar-refractivity contribution in [1.82, 2.24) is 4.72 Å². The minimum Gasteiger partial charge on any atom is -0.495 e. The van der Waals surface area contributed by atoms with Crippen molar-refractivity contribution in [2.24, 2.45) is 5.92 Å². The van der Waals surface area contributed by atoms with Gasteiger partial charge in [0.05, 0.1) is 13.2 Å². The first-order valence-corrected chi connectivity index (χ1v) is 8.73. The number of hydrogen-bond donors (Lipinski definition) is 2. The second-order valence-corrected chi connectivity index (χ2v) is 7.42. The normalized spacial score (nSPS) is 23.0. The van der Waals surface area contributed by atoms with Crippen molar-refractivity contribution >= 4 is 10.0 Å². The van der Waals surface area contributed by atoms with Gasteiger partial charge in [-0.3, -0.25) is 0 Å². The zero-order valence-electron chi connectivity index (χ0n) is 12.5. The monoisotopic (exact) mass is 313 g/mol. The van der Waals surface area contributed by atoms with Crippen LogP contribution in [0.2, 0.25) is 0 Å². The number of rotatable bonds is 5. The first kappa shape index (κ1) is 16.3. The maximum Gasteiger partial charge on any atom is 0.244 e. The molecule has 5 nitrogen and oxygen atoms in total. The number of aryl methyl sites for hydroxylation is 1. The summed E-state index contributed by atoms with van der Waals surface area (Å²) in [6, 6.07) is 5.10. The lowest BCUT2D eigenvalue weighted by Gasteiger charge is -2.25. The van der Waals surface area contributed by atoms with Gasteiger partial charge >= 0.3 is 0 Å². The molecule has 0 aliphatic heterocycles. The minimum atomic E-state index is -3.58. The molecular formula is C15H23NO4S. The summed E-state index contributed by atoms with van der Waals surface area (Å²) in [4.78, 5) is 0.181. The summed E-state index contributed by atoms with van der Waals surface area (Å²) < 4.78 is 32.7. The fraction of sp³-hybridized carbons (Fsp3) is 0.600. The van der Waals surface area contributed by atoms with E-state index < -0.39 is 10.0 Å². The molecule has 118 valence electrons. The van der Waals surface area contributed by atoms with Crippen LogP contribution in [0.4, 0.5) is 0 Å². The summed E-state index contributed by atoms with van der Waals surface area (Å²) in [6.07, 6.45) is 2.98. The predicted molar refractivity (Wildman–Crippen MR) is 80.9 cm³/mol. The first-order chi connectivity index (χ1) is 9.92. The highest BCUT2D eigenvalue weighted by Gasteiger charge is 2.24. The maximum absolute atomic E-state index is 12.4. The lowest BCUT2D eigenvalue weighted by Crippen LogP contribution is -2.32.